The average Bonchev–Trinajstić information content (AvgIpc) is 2.44. The van der Waals surface area contributed by atoms with Gasteiger partial charge in [-0.3, -0.25) is 0 Å². The van der Waals surface area contributed by atoms with Crippen LogP contribution in [0.2, 0.25) is 0 Å². The van der Waals surface area contributed by atoms with Gasteiger partial charge in [-0.15, -0.1) is 0 Å². The molecule has 3 unspecified atom stereocenters. The molecule has 1 saturated carbocycles. The van der Waals surface area contributed by atoms with Crippen molar-refractivity contribution in [3.8, 4) is 0 Å². The number of benzene rings is 1. The molecular weight excluding hydrogens is 272 g/mol. The van der Waals surface area contributed by atoms with E-state index >= 15 is 0 Å². The Morgan fingerprint density at radius 2 is 1.95 bits per heavy atom. The summed E-state index contributed by atoms with van der Waals surface area (Å²) in [4.78, 5) is 1.98. The summed E-state index contributed by atoms with van der Waals surface area (Å²) in [7, 11) is 3.81. The molecule has 2 rings (SSSR count). The first-order valence-electron chi connectivity index (χ1n) is 7.59. The summed E-state index contributed by atoms with van der Waals surface area (Å²) in [6, 6.07) is 3.05. The standard InChI is InChI=1S/C17H25F2NO/c1-11-6-5-9-17(10-11,20(3)4)16(21)13-8-7-12(2)14(18)15(13)19/h7-8,11,16,21H,5-6,9-10H2,1-4H3. The molecule has 0 aliphatic heterocycles. The lowest BCUT2D eigenvalue weighted by Gasteiger charge is -2.48. The van der Waals surface area contributed by atoms with Crippen molar-refractivity contribution in [1.82, 2.24) is 4.90 Å². The number of aryl methyl sites for hydroxylation is 1. The number of hydrogen-bond acceptors (Lipinski definition) is 2. The van der Waals surface area contributed by atoms with Crippen molar-refractivity contribution in [1.29, 1.82) is 0 Å². The summed E-state index contributed by atoms with van der Waals surface area (Å²) in [5.41, 5.74) is -0.194. The molecule has 0 saturated heterocycles. The number of rotatable bonds is 3. The molecule has 3 atom stereocenters. The molecule has 1 N–H and O–H groups in total. The van der Waals surface area contributed by atoms with Gasteiger partial charge < -0.3 is 10.0 Å². The fraction of sp³-hybridized carbons (Fsp3) is 0.647. The highest BCUT2D eigenvalue weighted by Crippen LogP contribution is 2.44. The number of aliphatic hydroxyl groups excluding tert-OH is 1. The second-order valence-corrected chi connectivity index (χ2v) is 6.70. The third kappa shape index (κ3) is 2.84. The van der Waals surface area contributed by atoms with Crippen molar-refractivity contribution in [3.63, 3.8) is 0 Å². The summed E-state index contributed by atoms with van der Waals surface area (Å²) in [5, 5.41) is 10.8. The summed E-state index contributed by atoms with van der Waals surface area (Å²) < 4.78 is 28.1. The molecule has 1 aliphatic carbocycles. The van der Waals surface area contributed by atoms with Crippen LogP contribution in [-0.2, 0) is 0 Å². The van der Waals surface area contributed by atoms with Crippen LogP contribution in [0.15, 0.2) is 12.1 Å². The molecule has 2 nitrogen and oxygen atoms in total. The van der Waals surface area contributed by atoms with Gasteiger partial charge in [0.15, 0.2) is 11.6 Å². The van der Waals surface area contributed by atoms with Gasteiger partial charge in [0.1, 0.15) is 6.10 Å². The summed E-state index contributed by atoms with van der Waals surface area (Å²) in [6.07, 6.45) is 2.67. The minimum absolute atomic E-state index is 0.0703. The van der Waals surface area contributed by atoms with Crippen LogP contribution in [0.3, 0.4) is 0 Å². The largest absolute Gasteiger partial charge is 0.386 e. The first kappa shape index (κ1) is 16.4. The van der Waals surface area contributed by atoms with Gasteiger partial charge in [0.05, 0.1) is 5.54 Å². The Hall–Kier alpha value is -1.00. The predicted octanol–water partition coefficient (Wildman–Crippen LogP) is 3.82. The maximum absolute atomic E-state index is 14.2. The number of hydrogen-bond donors (Lipinski definition) is 1. The average molecular weight is 297 g/mol. The fourth-order valence-electron chi connectivity index (χ4n) is 3.62. The molecule has 1 aliphatic rings. The molecule has 0 bridgehead atoms. The van der Waals surface area contributed by atoms with Crippen LogP contribution in [-0.4, -0.2) is 29.6 Å². The molecule has 0 aromatic heterocycles. The predicted molar refractivity (Wildman–Crippen MR) is 80.1 cm³/mol. The van der Waals surface area contributed by atoms with Crippen LogP contribution in [0.4, 0.5) is 8.78 Å². The van der Waals surface area contributed by atoms with Crippen molar-refractivity contribution >= 4 is 0 Å². The molecule has 21 heavy (non-hydrogen) atoms. The van der Waals surface area contributed by atoms with E-state index in [1.165, 1.54) is 19.1 Å². The van der Waals surface area contributed by atoms with Gasteiger partial charge in [-0.25, -0.2) is 8.78 Å². The lowest BCUT2D eigenvalue weighted by atomic mass is 9.70. The summed E-state index contributed by atoms with van der Waals surface area (Å²) in [5.74, 6) is -1.31. The lowest BCUT2D eigenvalue weighted by Crippen LogP contribution is -2.52. The quantitative estimate of drug-likeness (QED) is 0.917. The highest BCUT2D eigenvalue weighted by atomic mass is 19.2. The Bertz CT molecular complexity index is 518. The van der Waals surface area contributed by atoms with Gasteiger partial charge in [0.25, 0.3) is 0 Å². The molecular formula is C17H25F2NO. The monoisotopic (exact) mass is 297 g/mol. The van der Waals surface area contributed by atoms with E-state index in [1.807, 2.05) is 19.0 Å². The minimum Gasteiger partial charge on any atom is -0.386 e. The van der Waals surface area contributed by atoms with Gasteiger partial charge in [-0.05, 0) is 45.3 Å². The number of likely N-dealkylation sites (N-methyl/N-ethyl adjacent to an activating group) is 1. The first-order chi connectivity index (χ1) is 9.79. The highest BCUT2D eigenvalue weighted by molar-refractivity contribution is 5.29. The van der Waals surface area contributed by atoms with Gasteiger partial charge in [0, 0.05) is 5.56 Å². The van der Waals surface area contributed by atoms with Crippen molar-refractivity contribution in [2.45, 2.75) is 51.2 Å². The lowest BCUT2D eigenvalue weighted by molar-refractivity contribution is -0.0468. The van der Waals surface area contributed by atoms with E-state index in [2.05, 4.69) is 6.92 Å². The number of aliphatic hydroxyl groups is 1. The first-order valence-corrected chi connectivity index (χ1v) is 7.59. The van der Waals surface area contributed by atoms with Crippen molar-refractivity contribution < 1.29 is 13.9 Å². The second-order valence-electron chi connectivity index (χ2n) is 6.70. The van der Waals surface area contributed by atoms with E-state index in [1.54, 1.807) is 0 Å². The van der Waals surface area contributed by atoms with Gasteiger partial charge in [-0.1, -0.05) is 31.9 Å². The van der Waals surface area contributed by atoms with Crippen LogP contribution in [0.5, 0.6) is 0 Å². The van der Waals surface area contributed by atoms with Crippen molar-refractivity contribution in [2.75, 3.05) is 14.1 Å². The topological polar surface area (TPSA) is 23.5 Å². The molecule has 0 spiro atoms. The zero-order valence-corrected chi connectivity index (χ0v) is 13.3. The third-order valence-corrected chi connectivity index (χ3v) is 5.01. The van der Waals surface area contributed by atoms with Crippen molar-refractivity contribution in [3.05, 3.63) is 34.9 Å². The second kappa shape index (κ2) is 6.01. The smallest absolute Gasteiger partial charge is 0.164 e. The highest BCUT2D eigenvalue weighted by Gasteiger charge is 2.44. The van der Waals surface area contributed by atoms with E-state index in [0.717, 1.165) is 25.7 Å². The van der Waals surface area contributed by atoms with Crippen molar-refractivity contribution in [2.24, 2.45) is 5.92 Å². The Kier molecular flexibility index (Phi) is 4.69. The van der Waals surface area contributed by atoms with E-state index in [0.29, 0.717) is 5.92 Å². The Labute approximate surface area is 125 Å². The maximum Gasteiger partial charge on any atom is 0.164 e. The molecule has 1 aromatic carbocycles. The van der Waals surface area contributed by atoms with Crippen LogP contribution >= 0.6 is 0 Å². The molecule has 0 amide bonds. The maximum atomic E-state index is 14.2. The van der Waals surface area contributed by atoms with Gasteiger partial charge in [0.2, 0.25) is 0 Å². The zero-order chi connectivity index (χ0) is 15.8. The normalized spacial score (nSPS) is 27.9. The van der Waals surface area contributed by atoms with Crippen LogP contribution < -0.4 is 0 Å². The minimum atomic E-state index is -1.02. The Balaban J connectivity index is 2.44. The molecule has 0 radical (unpaired) electrons. The van der Waals surface area contributed by atoms with E-state index in [-0.39, 0.29) is 11.1 Å². The van der Waals surface area contributed by atoms with Crippen LogP contribution in [0.1, 0.15) is 49.8 Å². The molecule has 1 aromatic rings. The molecule has 4 heteroatoms. The van der Waals surface area contributed by atoms with Crippen LogP contribution in [0, 0.1) is 24.5 Å². The molecule has 118 valence electrons. The number of halogens is 2. The van der Waals surface area contributed by atoms with Crippen LogP contribution in [0.25, 0.3) is 0 Å². The number of nitrogens with zero attached hydrogens (tertiary/aromatic N) is 1. The molecule has 1 fully saturated rings. The SMILES string of the molecule is Cc1ccc(C(O)C2(N(C)C)CCCC(C)C2)c(F)c1F. The van der Waals surface area contributed by atoms with Gasteiger partial charge >= 0.3 is 0 Å². The summed E-state index contributed by atoms with van der Waals surface area (Å²) >= 11 is 0. The fourth-order valence-corrected chi connectivity index (χ4v) is 3.62. The summed E-state index contributed by atoms with van der Waals surface area (Å²) in [6.45, 7) is 3.68. The van der Waals surface area contributed by atoms with E-state index < -0.39 is 23.3 Å². The zero-order valence-electron chi connectivity index (χ0n) is 13.3. The van der Waals surface area contributed by atoms with E-state index in [9.17, 15) is 13.9 Å². The van der Waals surface area contributed by atoms with Gasteiger partial charge in [-0.2, -0.15) is 0 Å². The van der Waals surface area contributed by atoms with E-state index in [4.69, 9.17) is 0 Å². The molecule has 0 heterocycles. The Morgan fingerprint density at radius 3 is 2.52 bits per heavy atom. The Morgan fingerprint density at radius 1 is 1.29 bits per heavy atom. The third-order valence-electron chi connectivity index (χ3n) is 5.01.